The number of carbonyl (C=O) groups is 2. The van der Waals surface area contributed by atoms with Crippen LogP contribution < -0.4 is 35.3 Å². The van der Waals surface area contributed by atoms with Crippen LogP contribution in [-0.2, 0) is 22.3 Å². The van der Waals surface area contributed by atoms with E-state index in [1.54, 1.807) is 6.92 Å². The third-order valence-corrected chi connectivity index (χ3v) is 9.28. The second-order valence-corrected chi connectivity index (χ2v) is 13.0. The fourth-order valence-electron chi connectivity index (χ4n) is 6.24. The molecule has 1 saturated heterocycles. The van der Waals surface area contributed by atoms with E-state index >= 15 is 0 Å². The van der Waals surface area contributed by atoms with Gasteiger partial charge in [0.1, 0.15) is 30.5 Å². The summed E-state index contributed by atoms with van der Waals surface area (Å²) in [7, 11) is 2.74. The number of nitrogens with two attached hydrogens (primary N) is 1. The third-order valence-electron chi connectivity index (χ3n) is 9.28. The topological polar surface area (TPSA) is 273 Å². The van der Waals surface area contributed by atoms with Crippen molar-refractivity contribution in [3.63, 3.8) is 0 Å². The zero-order valence-corrected chi connectivity index (χ0v) is 30.4. The van der Waals surface area contributed by atoms with Gasteiger partial charge < -0.3 is 75.4 Å². The molecular weight excluding hydrogens is 724 g/mol. The first-order chi connectivity index (χ1) is 26.3. The Balaban J connectivity index is 1.45. The first kappa shape index (κ1) is 40.7. The highest BCUT2D eigenvalue weighted by atomic mass is 16.7. The summed E-state index contributed by atoms with van der Waals surface area (Å²) >= 11 is 0. The Morgan fingerprint density at radius 2 is 1.84 bits per heavy atom. The molecule has 10 N–H and O–H groups in total. The number of methoxy groups -OCH3 is 1. The number of aromatic carboxylic acids is 1. The highest BCUT2D eigenvalue weighted by molar-refractivity contribution is 5.95. The van der Waals surface area contributed by atoms with Gasteiger partial charge in [0.2, 0.25) is 12.0 Å². The lowest BCUT2D eigenvalue weighted by molar-refractivity contribution is -0.320. The molecule has 18 heteroatoms. The number of fused-ring (bicyclic) bond motifs is 1. The van der Waals surface area contributed by atoms with Gasteiger partial charge in [0.25, 0.3) is 0 Å². The predicted octanol–water partition coefficient (Wildman–Crippen LogP) is 0.743. The van der Waals surface area contributed by atoms with Crippen LogP contribution in [0.2, 0.25) is 0 Å². The van der Waals surface area contributed by atoms with E-state index in [-0.39, 0.29) is 89.9 Å². The van der Waals surface area contributed by atoms with Gasteiger partial charge in [0, 0.05) is 37.2 Å². The van der Waals surface area contributed by atoms with Crippen LogP contribution in [0.25, 0.3) is 0 Å². The van der Waals surface area contributed by atoms with Gasteiger partial charge in [-0.1, -0.05) is 30.3 Å². The highest BCUT2D eigenvalue weighted by Gasteiger charge is 2.56. The number of carbonyl (C=O) groups excluding carboxylic acids is 1. The van der Waals surface area contributed by atoms with Gasteiger partial charge in [-0.3, -0.25) is 4.99 Å². The van der Waals surface area contributed by atoms with Crippen LogP contribution in [0.3, 0.4) is 0 Å². The summed E-state index contributed by atoms with van der Waals surface area (Å²) in [6, 6.07) is 12.7. The van der Waals surface area contributed by atoms with Crippen molar-refractivity contribution >= 4 is 23.6 Å². The molecule has 0 aliphatic carbocycles. The number of guanidine groups is 1. The fraction of sp³-hybridized carbons (Fsp3) is 0.432. The van der Waals surface area contributed by atoms with Gasteiger partial charge in [-0.2, -0.15) is 0 Å². The van der Waals surface area contributed by atoms with Gasteiger partial charge in [-0.25, -0.2) is 9.59 Å². The number of carboxylic acids is 1. The lowest BCUT2D eigenvalue weighted by atomic mass is 9.81. The Bertz CT molecular complexity index is 1860. The lowest BCUT2D eigenvalue weighted by Gasteiger charge is -2.48. The zero-order valence-electron chi connectivity index (χ0n) is 30.4. The number of benzene rings is 3. The molecule has 298 valence electrons. The molecule has 55 heavy (non-hydrogen) atoms. The summed E-state index contributed by atoms with van der Waals surface area (Å²) in [6.45, 7) is 0.524. The largest absolute Gasteiger partial charge is 0.502 e. The molecule has 5 rings (SSSR count). The number of aliphatic hydroxyl groups excluding tert-OH is 4. The fourth-order valence-corrected chi connectivity index (χ4v) is 6.24. The lowest BCUT2D eigenvalue weighted by Crippen LogP contribution is -2.67. The Kier molecular flexibility index (Phi) is 13.1. The van der Waals surface area contributed by atoms with Gasteiger partial charge in [-0.05, 0) is 31.4 Å². The van der Waals surface area contributed by atoms with Crippen molar-refractivity contribution in [2.24, 2.45) is 10.7 Å². The molecule has 0 radical (unpaired) electrons. The molecule has 3 aromatic rings. The highest BCUT2D eigenvalue weighted by Crippen LogP contribution is 2.45. The molecule has 2 aliphatic rings. The predicted molar refractivity (Wildman–Crippen MR) is 195 cm³/mol. The summed E-state index contributed by atoms with van der Waals surface area (Å²) in [5, 5.41) is 69.8. The molecule has 6 atom stereocenters. The van der Waals surface area contributed by atoms with E-state index in [0.717, 1.165) is 11.6 Å². The number of nitrogens with zero attached hydrogens (tertiary/aromatic N) is 1. The second-order valence-electron chi connectivity index (χ2n) is 13.0. The van der Waals surface area contributed by atoms with Crippen molar-refractivity contribution < 1.29 is 68.6 Å². The molecule has 18 nitrogen and oxygen atoms in total. The molecule has 1 spiro atoms. The number of ether oxygens (including phenoxy) is 6. The SMILES string of the molecule is CN=C(N)NCOc1cc(C(=O)O)c(N[C@H](C)CO)cc1O[C@H]1O[C@@]2(CCc3c(cc(OCCc4ccccc4)c(O)c3OC)C(=O)OC2)[C@@H](O)[C@H](O)[C@H]1O. The number of phenols is 1. The number of aliphatic hydroxyl groups is 4. The van der Waals surface area contributed by atoms with E-state index in [9.17, 15) is 40.2 Å². The average Bonchev–Trinajstić information content (AvgIpc) is 3.17. The van der Waals surface area contributed by atoms with Crippen molar-refractivity contribution in [2.45, 2.75) is 62.4 Å². The number of aliphatic imine (C=N–C) groups is 1. The van der Waals surface area contributed by atoms with Crippen LogP contribution in [0.1, 0.15) is 45.2 Å². The minimum atomic E-state index is -1.90. The Morgan fingerprint density at radius 3 is 2.51 bits per heavy atom. The summed E-state index contributed by atoms with van der Waals surface area (Å²) in [6.07, 6.45) is -7.04. The number of anilines is 1. The molecule has 0 unspecified atom stereocenters. The normalized spacial score (nSPS) is 23.0. The van der Waals surface area contributed by atoms with Crippen LogP contribution in [0.15, 0.2) is 53.5 Å². The van der Waals surface area contributed by atoms with E-state index < -0.39 is 54.8 Å². The maximum absolute atomic E-state index is 13.6. The maximum Gasteiger partial charge on any atom is 0.338 e. The molecule has 2 aliphatic heterocycles. The minimum absolute atomic E-state index is 0.00576. The number of cyclic esters (lactones) is 1. The Hall–Kier alpha value is -5.53. The molecule has 1 fully saturated rings. The molecule has 2 heterocycles. The quantitative estimate of drug-likeness (QED) is 0.0473. The van der Waals surface area contributed by atoms with E-state index in [2.05, 4.69) is 15.6 Å². The summed E-state index contributed by atoms with van der Waals surface area (Å²) in [5.41, 5.74) is 4.81. The molecule has 0 bridgehead atoms. The summed E-state index contributed by atoms with van der Waals surface area (Å²) < 4.78 is 35.0. The maximum atomic E-state index is 13.6. The number of phenolic OH excluding ortho intramolecular Hbond substituents is 1. The minimum Gasteiger partial charge on any atom is -0.502 e. The Morgan fingerprint density at radius 1 is 1.09 bits per heavy atom. The van der Waals surface area contributed by atoms with Crippen LogP contribution in [-0.4, -0.2) is 125 Å². The van der Waals surface area contributed by atoms with Crippen LogP contribution in [0.5, 0.6) is 28.7 Å². The molecule has 0 amide bonds. The number of carboxylic acid groups (broad SMARTS) is 1. The Labute approximate surface area is 316 Å². The van der Waals surface area contributed by atoms with E-state index in [1.165, 1.54) is 26.3 Å². The number of rotatable bonds is 14. The van der Waals surface area contributed by atoms with Crippen molar-refractivity contribution in [3.8, 4) is 28.7 Å². The van der Waals surface area contributed by atoms with Gasteiger partial charge >= 0.3 is 11.9 Å². The summed E-state index contributed by atoms with van der Waals surface area (Å²) in [4.78, 5) is 29.6. The average molecular weight is 771 g/mol. The number of hydrogen-bond donors (Lipinski definition) is 9. The first-order valence-corrected chi connectivity index (χ1v) is 17.3. The van der Waals surface area contributed by atoms with E-state index in [0.29, 0.717) is 6.42 Å². The van der Waals surface area contributed by atoms with Crippen LogP contribution >= 0.6 is 0 Å². The van der Waals surface area contributed by atoms with E-state index in [1.807, 2.05) is 30.3 Å². The van der Waals surface area contributed by atoms with Gasteiger partial charge in [0.15, 0.2) is 35.7 Å². The van der Waals surface area contributed by atoms with Gasteiger partial charge in [-0.15, -0.1) is 0 Å². The molecule has 0 saturated carbocycles. The van der Waals surface area contributed by atoms with Crippen molar-refractivity contribution in [1.29, 1.82) is 0 Å². The second kappa shape index (κ2) is 17.7. The standard InChI is InChI=1S/C37H46N4O14/c1-19(16-42)41-24-15-26(25(14-23(24)33(47)48)53-18-40-36(38)39-2)54-35-30(45)29(44)32(46)37(55-35)11-9-21-22(34(49)52-17-37)13-27(28(43)31(21)50-3)51-12-10-20-7-5-4-6-8-20/h4-8,13-15,19,29-30,32,35,41-46H,9-12,16-18H2,1-3H3,(H,47,48)(H3,38,39,40)/t19-,29-,30-,32+,35+,37-/m1/s1. The van der Waals surface area contributed by atoms with Crippen LogP contribution in [0, 0.1) is 0 Å². The number of aromatic hydroxyl groups is 1. The van der Waals surface area contributed by atoms with Crippen molar-refractivity contribution in [3.05, 3.63) is 70.8 Å². The van der Waals surface area contributed by atoms with Crippen molar-refractivity contribution in [2.75, 3.05) is 46.0 Å². The third kappa shape index (κ3) is 9.06. The monoisotopic (exact) mass is 770 g/mol. The van der Waals surface area contributed by atoms with Crippen molar-refractivity contribution in [1.82, 2.24) is 5.32 Å². The molecule has 3 aromatic carbocycles. The first-order valence-electron chi connectivity index (χ1n) is 17.3. The zero-order chi connectivity index (χ0) is 39.9. The number of nitrogens with one attached hydrogen (secondary N) is 2. The smallest absolute Gasteiger partial charge is 0.338 e. The van der Waals surface area contributed by atoms with Crippen LogP contribution in [0.4, 0.5) is 5.69 Å². The molecule has 0 aromatic heterocycles. The number of esters is 1. The number of hydrogen-bond acceptors (Lipinski definition) is 15. The molecular formula is C37H46N4O14. The van der Waals surface area contributed by atoms with Gasteiger partial charge in [0.05, 0.1) is 37.1 Å². The van der Waals surface area contributed by atoms with E-state index in [4.69, 9.17) is 34.2 Å². The summed E-state index contributed by atoms with van der Waals surface area (Å²) in [5.74, 6) is -2.99.